The number of anilines is 1. The number of nitrogens with zero attached hydrogens (tertiary/aromatic N) is 1. The lowest BCUT2D eigenvalue weighted by Crippen LogP contribution is -2.41. The van der Waals surface area contributed by atoms with Gasteiger partial charge >= 0.3 is 18.3 Å². The van der Waals surface area contributed by atoms with Crippen molar-refractivity contribution in [1.82, 2.24) is 0 Å². The molecule has 0 amide bonds. The summed E-state index contributed by atoms with van der Waals surface area (Å²) in [5.74, 6) is -6.75. The van der Waals surface area contributed by atoms with Crippen molar-refractivity contribution in [2.75, 3.05) is 11.4 Å². The number of alkyl halides is 8. The van der Waals surface area contributed by atoms with Crippen LogP contribution in [0.1, 0.15) is 16.7 Å². The molecule has 1 atom stereocenters. The van der Waals surface area contributed by atoms with E-state index in [-0.39, 0.29) is 11.8 Å². The zero-order valence-corrected chi connectivity index (χ0v) is 15.3. The summed E-state index contributed by atoms with van der Waals surface area (Å²) in [4.78, 5) is 0.950. The Morgan fingerprint density at radius 2 is 1.57 bits per heavy atom. The topological polar surface area (TPSA) is 23.5 Å². The monoisotopic (exact) mass is 445 g/mol. The molecule has 0 heterocycles. The number of rotatable bonds is 6. The van der Waals surface area contributed by atoms with Gasteiger partial charge in [0.2, 0.25) is 0 Å². The minimum absolute atomic E-state index is 0.00255. The summed E-state index contributed by atoms with van der Waals surface area (Å²) in [6.07, 6.45) is -13.7. The Bertz CT molecular complexity index is 877. The van der Waals surface area contributed by atoms with E-state index in [9.17, 15) is 44.6 Å². The Balaban J connectivity index is 2.38. The van der Waals surface area contributed by atoms with E-state index >= 15 is 0 Å². The third-order valence-electron chi connectivity index (χ3n) is 4.27. The largest absolute Gasteiger partial charge is 0.458 e. The highest BCUT2D eigenvalue weighted by Gasteiger charge is 2.58. The molecule has 166 valence electrons. The van der Waals surface area contributed by atoms with Gasteiger partial charge in [-0.15, -0.1) is 0 Å². The van der Waals surface area contributed by atoms with E-state index in [1.54, 1.807) is 13.0 Å². The Hall–Kier alpha value is -2.43. The lowest BCUT2D eigenvalue weighted by molar-refractivity contribution is -0.289. The van der Waals surface area contributed by atoms with Crippen LogP contribution in [0.4, 0.5) is 45.2 Å². The maximum Gasteiger partial charge on any atom is 0.458 e. The number of aryl methyl sites for hydroxylation is 1. The molecule has 30 heavy (non-hydrogen) atoms. The van der Waals surface area contributed by atoms with E-state index in [4.69, 9.17) is 0 Å². The average Bonchev–Trinajstić information content (AvgIpc) is 2.60. The molecule has 2 aromatic carbocycles. The van der Waals surface area contributed by atoms with Crippen LogP contribution in [-0.4, -0.2) is 30.1 Å². The van der Waals surface area contributed by atoms with E-state index < -0.39 is 54.4 Å². The molecule has 0 bridgehead atoms. The second kappa shape index (κ2) is 8.37. The second-order valence-corrected chi connectivity index (χ2v) is 6.66. The summed E-state index contributed by atoms with van der Waals surface area (Å²) in [5, 5.41) is 9.39. The first-order valence-electron chi connectivity index (χ1n) is 8.42. The molecule has 0 aliphatic rings. The fourth-order valence-corrected chi connectivity index (χ4v) is 2.64. The standard InChI is InChI=1S/C19H16F9NO/c1-11-3-2-4-14(7-11)29(10-16(30)18(23,24)25)9-12-5-6-13(8-15(12)20)17(21,22)19(26,27)28/h2-8,16,30H,9-10H2,1H3/t16-/m1/s1. The molecule has 0 saturated carbocycles. The maximum atomic E-state index is 14.3. The van der Waals surface area contributed by atoms with Crippen molar-refractivity contribution in [2.45, 2.75) is 37.8 Å². The summed E-state index contributed by atoms with van der Waals surface area (Å²) in [6, 6.07) is 6.98. The lowest BCUT2D eigenvalue weighted by atomic mass is 10.0. The molecule has 0 aromatic heterocycles. The maximum absolute atomic E-state index is 14.3. The summed E-state index contributed by atoms with van der Waals surface area (Å²) < 4.78 is 117. The van der Waals surface area contributed by atoms with E-state index in [0.29, 0.717) is 17.7 Å². The molecule has 1 N–H and O–H groups in total. The van der Waals surface area contributed by atoms with Crippen LogP contribution in [0.15, 0.2) is 42.5 Å². The van der Waals surface area contributed by atoms with Crippen LogP contribution in [0.3, 0.4) is 0 Å². The van der Waals surface area contributed by atoms with Crippen LogP contribution >= 0.6 is 0 Å². The fraction of sp³-hybridized carbons (Fsp3) is 0.368. The zero-order valence-electron chi connectivity index (χ0n) is 15.3. The first-order chi connectivity index (χ1) is 13.6. The Morgan fingerprint density at radius 1 is 0.933 bits per heavy atom. The Kier molecular flexibility index (Phi) is 6.65. The molecule has 0 aliphatic heterocycles. The summed E-state index contributed by atoms with van der Waals surface area (Å²) >= 11 is 0. The van der Waals surface area contributed by atoms with Gasteiger partial charge in [0.15, 0.2) is 6.10 Å². The molecule has 0 spiro atoms. The minimum atomic E-state index is -5.94. The predicted octanol–water partition coefficient (Wildman–Crippen LogP) is 5.72. The van der Waals surface area contributed by atoms with Crippen molar-refractivity contribution in [3.63, 3.8) is 0 Å². The third-order valence-corrected chi connectivity index (χ3v) is 4.27. The predicted molar refractivity (Wildman–Crippen MR) is 90.6 cm³/mol. The van der Waals surface area contributed by atoms with Crippen molar-refractivity contribution in [2.24, 2.45) is 0 Å². The van der Waals surface area contributed by atoms with Crippen molar-refractivity contribution in [3.05, 3.63) is 65.0 Å². The Labute approximate surface area is 165 Å². The highest BCUT2D eigenvalue weighted by Crippen LogP contribution is 2.44. The molecule has 2 nitrogen and oxygen atoms in total. The van der Waals surface area contributed by atoms with Crippen molar-refractivity contribution >= 4 is 5.69 Å². The molecular formula is C19H16F9NO. The van der Waals surface area contributed by atoms with Gasteiger partial charge in [0, 0.05) is 23.4 Å². The number of hydrogen-bond donors (Lipinski definition) is 1. The van der Waals surface area contributed by atoms with Crippen LogP contribution in [0, 0.1) is 12.7 Å². The molecule has 2 aromatic rings. The number of aliphatic hydroxyl groups is 1. The average molecular weight is 445 g/mol. The number of halogens is 9. The highest BCUT2D eigenvalue weighted by atomic mass is 19.4. The van der Waals surface area contributed by atoms with E-state index in [1.807, 2.05) is 0 Å². The SMILES string of the molecule is Cc1cccc(N(Cc2ccc(C(F)(F)C(F)(F)F)cc2F)C[C@@H](O)C(F)(F)F)c1. The highest BCUT2D eigenvalue weighted by molar-refractivity contribution is 5.49. The van der Waals surface area contributed by atoms with Gasteiger partial charge in [-0.3, -0.25) is 0 Å². The van der Waals surface area contributed by atoms with Crippen LogP contribution in [-0.2, 0) is 12.5 Å². The third kappa shape index (κ3) is 5.38. The van der Waals surface area contributed by atoms with Crippen molar-refractivity contribution < 1.29 is 44.6 Å². The lowest BCUT2D eigenvalue weighted by Gasteiger charge is -2.29. The minimum Gasteiger partial charge on any atom is -0.382 e. The molecule has 0 saturated heterocycles. The van der Waals surface area contributed by atoms with Gasteiger partial charge < -0.3 is 10.0 Å². The molecular weight excluding hydrogens is 429 g/mol. The van der Waals surface area contributed by atoms with Gasteiger partial charge in [-0.25, -0.2) is 4.39 Å². The quantitative estimate of drug-likeness (QED) is 0.576. The van der Waals surface area contributed by atoms with Gasteiger partial charge in [0.05, 0.1) is 6.54 Å². The Morgan fingerprint density at radius 3 is 2.07 bits per heavy atom. The van der Waals surface area contributed by atoms with Crippen molar-refractivity contribution in [3.8, 4) is 0 Å². The van der Waals surface area contributed by atoms with Crippen LogP contribution in [0.2, 0.25) is 0 Å². The van der Waals surface area contributed by atoms with Crippen LogP contribution in [0.25, 0.3) is 0 Å². The van der Waals surface area contributed by atoms with E-state index in [2.05, 4.69) is 0 Å². The smallest absolute Gasteiger partial charge is 0.382 e. The zero-order chi connectivity index (χ0) is 22.9. The van der Waals surface area contributed by atoms with E-state index in [1.165, 1.54) is 18.2 Å². The number of hydrogen-bond acceptors (Lipinski definition) is 2. The molecule has 2 rings (SSSR count). The molecule has 0 aliphatic carbocycles. The molecule has 11 heteroatoms. The van der Waals surface area contributed by atoms with Gasteiger partial charge in [-0.05, 0) is 30.7 Å². The van der Waals surface area contributed by atoms with Gasteiger partial charge in [0.1, 0.15) is 5.82 Å². The van der Waals surface area contributed by atoms with Crippen LogP contribution < -0.4 is 4.90 Å². The number of benzene rings is 2. The number of aliphatic hydroxyl groups excluding tert-OH is 1. The van der Waals surface area contributed by atoms with Gasteiger partial charge in [-0.2, -0.15) is 35.1 Å². The normalized spacial score (nSPS) is 14.0. The van der Waals surface area contributed by atoms with Crippen molar-refractivity contribution in [1.29, 1.82) is 0 Å². The van der Waals surface area contributed by atoms with E-state index in [0.717, 1.165) is 4.90 Å². The fourth-order valence-electron chi connectivity index (χ4n) is 2.64. The van der Waals surface area contributed by atoms with Crippen LogP contribution in [0.5, 0.6) is 0 Å². The van der Waals surface area contributed by atoms with Gasteiger partial charge in [0.25, 0.3) is 0 Å². The van der Waals surface area contributed by atoms with Gasteiger partial charge in [-0.1, -0.05) is 24.3 Å². The summed E-state index contributed by atoms with van der Waals surface area (Å²) in [5.41, 5.74) is -1.25. The summed E-state index contributed by atoms with van der Waals surface area (Å²) in [7, 11) is 0. The summed E-state index contributed by atoms with van der Waals surface area (Å²) in [6.45, 7) is 0.0175. The second-order valence-electron chi connectivity index (χ2n) is 6.66. The first-order valence-corrected chi connectivity index (χ1v) is 8.42. The molecule has 0 unspecified atom stereocenters. The molecule has 0 radical (unpaired) electrons. The molecule has 0 fully saturated rings. The first kappa shape index (κ1) is 23.8.